The smallest absolute Gasteiger partial charge is 0.309 e. The van der Waals surface area contributed by atoms with Crippen molar-refractivity contribution < 1.29 is 9.90 Å². The Labute approximate surface area is 123 Å². The number of hydrogen-bond donors (Lipinski definition) is 1. The lowest BCUT2D eigenvalue weighted by atomic mass is 9.58. The van der Waals surface area contributed by atoms with Crippen LogP contribution in [0.25, 0.3) is 0 Å². The van der Waals surface area contributed by atoms with E-state index >= 15 is 0 Å². The van der Waals surface area contributed by atoms with Gasteiger partial charge >= 0.3 is 5.97 Å². The van der Waals surface area contributed by atoms with E-state index in [9.17, 15) is 9.90 Å². The summed E-state index contributed by atoms with van der Waals surface area (Å²) in [5.74, 6) is 0.00105. The molecule has 0 radical (unpaired) electrons. The first kappa shape index (κ1) is 15.3. The van der Waals surface area contributed by atoms with Crippen LogP contribution in [0.3, 0.4) is 0 Å². The highest BCUT2D eigenvalue weighted by molar-refractivity contribution is 5.75. The third-order valence-electron chi connectivity index (χ3n) is 5.64. The van der Waals surface area contributed by atoms with Gasteiger partial charge in [-0.2, -0.15) is 0 Å². The topological polar surface area (TPSA) is 37.3 Å². The maximum Gasteiger partial charge on any atom is 0.309 e. The van der Waals surface area contributed by atoms with E-state index in [1.807, 2.05) is 12.2 Å². The summed E-state index contributed by atoms with van der Waals surface area (Å²) in [5, 5.41) is 9.87. The molecule has 2 aliphatic carbocycles. The van der Waals surface area contributed by atoms with Crippen LogP contribution in [-0.2, 0) is 4.79 Å². The minimum atomic E-state index is -0.601. The highest BCUT2D eigenvalue weighted by atomic mass is 16.4. The SMILES string of the molecule is C=CC1(C=C)CCCC(CC2CCCCC2)(C(=O)O)C1. The van der Waals surface area contributed by atoms with Crippen LogP contribution in [0.5, 0.6) is 0 Å². The summed E-state index contributed by atoms with van der Waals surface area (Å²) in [6.45, 7) is 7.87. The van der Waals surface area contributed by atoms with Crippen molar-refractivity contribution in [2.75, 3.05) is 0 Å². The first-order chi connectivity index (χ1) is 9.56. The summed E-state index contributed by atoms with van der Waals surface area (Å²) >= 11 is 0. The van der Waals surface area contributed by atoms with Gasteiger partial charge in [-0.05, 0) is 31.6 Å². The second-order valence-electron chi connectivity index (χ2n) is 6.97. The first-order valence-electron chi connectivity index (χ1n) is 8.06. The van der Waals surface area contributed by atoms with Crippen molar-refractivity contribution in [3.05, 3.63) is 25.3 Å². The summed E-state index contributed by atoms with van der Waals surface area (Å²) < 4.78 is 0. The van der Waals surface area contributed by atoms with Crippen molar-refractivity contribution in [1.82, 2.24) is 0 Å². The first-order valence-corrected chi connectivity index (χ1v) is 8.06. The standard InChI is InChI=1S/C18H28O2/c1-3-17(4-2)11-8-12-18(14-17,16(19)20)13-15-9-6-5-7-10-15/h3-4,15H,1-2,5-14H2,(H,19,20). The molecular formula is C18H28O2. The fraction of sp³-hybridized carbons (Fsp3) is 0.722. The molecule has 0 saturated heterocycles. The molecule has 2 aliphatic rings. The van der Waals surface area contributed by atoms with Gasteiger partial charge in [0.1, 0.15) is 0 Å². The molecule has 112 valence electrons. The molecule has 2 saturated carbocycles. The maximum absolute atomic E-state index is 12.0. The van der Waals surface area contributed by atoms with Crippen molar-refractivity contribution in [2.45, 2.75) is 64.2 Å². The summed E-state index contributed by atoms with van der Waals surface area (Å²) in [4.78, 5) is 12.0. The number of hydrogen-bond acceptors (Lipinski definition) is 1. The van der Waals surface area contributed by atoms with E-state index in [0.29, 0.717) is 12.3 Å². The second-order valence-corrected chi connectivity index (χ2v) is 6.97. The highest BCUT2D eigenvalue weighted by Crippen LogP contribution is 2.52. The number of carboxylic acid groups (broad SMARTS) is 1. The fourth-order valence-electron chi connectivity index (χ4n) is 4.38. The minimum absolute atomic E-state index is 0.175. The maximum atomic E-state index is 12.0. The van der Waals surface area contributed by atoms with E-state index in [1.54, 1.807) is 0 Å². The molecule has 2 heteroatoms. The second kappa shape index (κ2) is 6.15. The van der Waals surface area contributed by atoms with Gasteiger partial charge in [-0.25, -0.2) is 0 Å². The molecule has 20 heavy (non-hydrogen) atoms. The molecule has 0 aromatic carbocycles. The summed E-state index contributed by atoms with van der Waals surface area (Å²) in [6, 6.07) is 0. The fourth-order valence-corrected chi connectivity index (χ4v) is 4.38. The molecule has 2 nitrogen and oxygen atoms in total. The van der Waals surface area contributed by atoms with Gasteiger partial charge < -0.3 is 5.11 Å². The predicted molar refractivity (Wildman–Crippen MR) is 82.6 cm³/mol. The molecule has 0 aliphatic heterocycles. The van der Waals surface area contributed by atoms with Crippen LogP contribution in [0, 0.1) is 16.7 Å². The van der Waals surface area contributed by atoms with E-state index in [4.69, 9.17) is 0 Å². The normalized spacial score (nSPS) is 30.6. The zero-order valence-electron chi connectivity index (χ0n) is 12.6. The van der Waals surface area contributed by atoms with Crippen molar-refractivity contribution in [3.63, 3.8) is 0 Å². The zero-order chi connectivity index (χ0) is 14.6. The molecule has 1 unspecified atom stereocenters. The summed E-state index contributed by atoms with van der Waals surface area (Å²) in [5.41, 5.74) is -0.728. The van der Waals surface area contributed by atoms with Gasteiger partial charge in [-0.3, -0.25) is 4.79 Å². The van der Waals surface area contributed by atoms with Gasteiger partial charge in [-0.1, -0.05) is 50.7 Å². The number of carboxylic acids is 1. The van der Waals surface area contributed by atoms with Crippen LogP contribution < -0.4 is 0 Å². The zero-order valence-corrected chi connectivity index (χ0v) is 12.6. The van der Waals surface area contributed by atoms with Gasteiger partial charge in [0.2, 0.25) is 0 Å². The number of aliphatic carboxylic acids is 1. The third kappa shape index (κ3) is 2.99. The molecule has 0 spiro atoms. The Balaban J connectivity index is 2.17. The quantitative estimate of drug-likeness (QED) is 0.720. The van der Waals surface area contributed by atoms with Crippen LogP contribution in [0.2, 0.25) is 0 Å². The number of allylic oxidation sites excluding steroid dienone is 2. The average molecular weight is 276 g/mol. The van der Waals surface area contributed by atoms with E-state index < -0.39 is 11.4 Å². The Morgan fingerprint density at radius 2 is 1.75 bits per heavy atom. The molecule has 0 aromatic heterocycles. The predicted octanol–water partition coefficient (Wildman–Crippen LogP) is 4.96. The highest BCUT2D eigenvalue weighted by Gasteiger charge is 2.48. The number of carbonyl (C=O) groups is 1. The molecule has 1 atom stereocenters. The Bertz CT molecular complexity index is 371. The van der Waals surface area contributed by atoms with Gasteiger partial charge in [0, 0.05) is 5.41 Å². The monoisotopic (exact) mass is 276 g/mol. The van der Waals surface area contributed by atoms with Crippen molar-refractivity contribution in [2.24, 2.45) is 16.7 Å². The molecule has 1 N–H and O–H groups in total. The molecule has 2 rings (SSSR count). The molecule has 0 heterocycles. The minimum Gasteiger partial charge on any atom is -0.481 e. The molecule has 2 fully saturated rings. The van der Waals surface area contributed by atoms with Crippen molar-refractivity contribution in [3.8, 4) is 0 Å². The molecular weight excluding hydrogens is 248 g/mol. The van der Waals surface area contributed by atoms with Crippen LogP contribution >= 0.6 is 0 Å². The Morgan fingerprint density at radius 3 is 2.30 bits per heavy atom. The van der Waals surface area contributed by atoms with Crippen LogP contribution in [0.4, 0.5) is 0 Å². The Hall–Kier alpha value is -1.05. The summed E-state index contributed by atoms with van der Waals surface area (Å²) in [7, 11) is 0. The van der Waals surface area contributed by atoms with Crippen LogP contribution in [0.1, 0.15) is 64.2 Å². The Kier molecular flexibility index (Phi) is 4.72. The number of rotatable bonds is 5. The molecule has 0 bridgehead atoms. The lowest BCUT2D eigenvalue weighted by Crippen LogP contribution is -2.42. The van der Waals surface area contributed by atoms with E-state index in [-0.39, 0.29) is 5.41 Å². The summed E-state index contributed by atoms with van der Waals surface area (Å²) in [6.07, 6.45) is 14.5. The van der Waals surface area contributed by atoms with Gasteiger partial charge in [0.05, 0.1) is 5.41 Å². The largest absolute Gasteiger partial charge is 0.481 e. The lowest BCUT2D eigenvalue weighted by Gasteiger charge is -2.45. The Morgan fingerprint density at radius 1 is 1.10 bits per heavy atom. The van der Waals surface area contributed by atoms with Gasteiger partial charge in [0.15, 0.2) is 0 Å². The van der Waals surface area contributed by atoms with Crippen LogP contribution in [0.15, 0.2) is 25.3 Å². The lowest BCUT2D eigenvalue weighted by molar-refractivity contribution is -0.154. The van der Waals surface area contributed by atoms with E-state index in [0.717, 1.165) is 25.7 Å². The average Bonchev–Trinajstić information content (AvgIpc) is 2.48. The van der Waals surface area contributed by atoms with E-state index in [2.05, 4.69) is 13.2 Å². The van der Waals surface area contributed by atoms with Crippen molar-refractivity contribution >= 4 is 5.97 Å². The van der Waals surface area contributed by atoms with E-state index in [1.165, 1.54) is 32.1 Å². The van der Waals surface area contributed by atoms with Gasteiger partial charge in [0.25, 0.3) is 0 Å². The molecule has 0 amide bonds. The van der Waals surface area contributed by atoms with Crippen molar-refractivity contribution in [1.29, 1.82) is 0 Å². The third-order valence-corrected chi connectivity index (χ3v) is 5.64. The van der Waals surface area contributed by atoms with Crippen LogP contribution in [-0.4, -0.2) is 11.1 Å². The van der Waals surface area contributed by atoms with Gasteiger partial charge in [-0.15, -0.1) is 13.2 Å². The molecule has 0 aromatic rings.